The molecular weight excluding hydrogens is 721 g/mol. The van der Waals surface area contributed by atoms with Crippen LogP contribution < -0.4 is 30.6 Å². The molecule has 6 unspecified atom stereocenters. The number of hydrogen-bond donors (Lipinski definition) is 6. The van der Waals surface area contributed by atoms with Crippen LogP contribution in [0.25, 0.3) is 0 Å². The summed E-state index contributed by atoms with van der Waals surface area (Å²) in [4.78, 5) is 57.8. The van der Waals surface area contributed by atoms with Crippen LogP contribution in [0.5, 0.6) is 0 Å². The molecule has 0 bridgehead atoms. The van der Waals surface area contributed by atoms with Gasteiger partial charge >= 0.3 is 81.7 Å². The van der Waals surface area contributed by atoms with E-state index in [1.54, 1.807) is 0 Å². The fourth-order valence-electron chi connectivity index (χ4n) is 0.773. The maximum absolute atomic E-state index is 9.63. The van der Waals surface area contributed by atoms with Gasteiger partial charge in [-0.15, -0.1) is 0 Å². The van der Waals surface area contributed by atoms with Crippen molar-refractivity contribution in [3.8, 4) is 0 Å². The Bertz CT molecular complexity index is 498. The molecule has 6 N–H and O–H groups in total. The van der Waals surface area contributed by atoms with Gasteiger partial charge in [0.2, 0.25) is 0 Å². The van der Waals surface area contributed by atoms with Crippen molar-refractivity contribution < 1.29 is 172 Å². The molecule has 0 saturated carbocycles. The molecule has 0 aliphatic rings. The molecule has 0 aromatic rings. The average Bonchev–Trinajstić information content (AvgIpc) is 2.64. The smallest absolute Gasteiger partial charge is 0.547 e. The molecule has 0 fully saturated rings. The van der Waals surface area contributed by atoms with Gasteiger partial charge in [0.15, 0.2) is 0 Å². The van der Waals surface area contributed by atoms with Gasteiger partial charge in [-0.25, -0.2) is 0 Å². The van der Waals surface area contributed by atoms with Crippen molar-refractivity contribution in [2.75, 3.05) is 0 Å². The molecule has 32 heavy (non-hydrogen) atoms. The van der Waals surface area contributed by atoms with Gasteiger partial charge in [-0.2, -0.15) is 0 Å². The van der Waals surface area contributed by atoms with Crippen LogP contribution >= 0.6 is 0 Å². The van der Waals surface area contributed by atoms with E-state index in [9.17, 15) is 59.4 Å². The summed E-state index contributed by atoms with van der Waals surface area (Å²) in [5, 5.41) is 107. The zero-order chi connectivity index (χ0) is 24.9. The monoisotopic (exact) mass is 728 g/mol. The fourth-order valence-corrected chi connectivity index (χ4v) is 0.773. The van der Waals surface area contributed by atoms with Gasteiger partial charge in [-0.3, -0.25) is 0 Å². The van der Waals surface area contributed by atoms with Crippen molar-refractivity contribution in [2.24, 2.45) is 0 Å². The SMILES string of the molecule is O=C([O-])C(O)C(O)C(=O)[O-].O=C([O-])C(O)C(O)C(=O)[O-].O=C([O-])C(O)C(O)C(=O)[O-].[Nd+3].[Nd+3]. The summed E-state index contributed by atoms with van der Waals surface area (Å²) in [6.45, 7) is 0. The van der Waals surface area contributed by atoms with E-state index < -0.39 is 72.4 Å². The summed E-state index contributed by atoms with van der Waals surface area (Å²) in [7, 11) is 0. The number of carboxylic acids is 6. The number of aliphatic carboxylic acids is 6. The molecular formula is C12H12Nd2O18. The first kappa shape index (κ1) is 41.5. The minimum Gasteiger partial charge on any atom is -0.547 e. The molecule has 0 aliphatic carbocycles. The van der Waals surface area contributed by atoms with Crippen LogP contribution in [0.1, 0.15) is 0 Å². The quantitative estimate of drug-likeness (QED) is 0.128. The third-order valence-corrected chi connectivity index (χ3v) is 2.35. The Hall–Kier alpha value is -0.719. The maximum atomic E-state index is 9.63. The third kappa shape index (κ3) is 18.8. The van der Waals surface area contributed by atoms with Crippen molar-refractivity contribution in [1.29, 1.82) is 0 Å². The standard InChI is InChI=1S/3C4H6O6.2Nd/c3*5-1(3(7)8)2(6)4(9)10;;/h3*1-2,5-6H,(H,7,8)(H,9,10);;/q;;;2*+3/p-6. The number of rotatable bonds is 9. The first-order valence-electron chi connectivity index (χ1n) is 6.73. The van der Waals surface area contributed by atoms with Crippen LogP contribution in [0.3, 0.4) is 0 Å². The Labute approximate surface area is 241 Å². The van der Waals surface area contributed by atoms with E-state index in [0.717, 1.165) is 0 Å². The molecule has 0 heterocycles. The Balaban J connectivity index is -0.000000110. The normalized spacial score (nSPS) is 14.8. The summed E-state index contributed by atoms with van der Waals surface area (Å²) >= 11 is 0. The number of carbonyl (C=O) groups is 6. The Kier molecular flexibility index (Phi) is 27.1. The second-order valence-electron chi connectivity index (χ2n) is 4.58. The minimum absolute atomic E-state index is 0. The van der Waals surface area contributed by atoms with Crippen LogP contribution in [-0.2, 0) is 28.8 Å². The molecule has 18 nitrogen and oxygen atoms in total. The topological polar surface area (TPSA) is 362 Å². The molecule has 2 radical (unpaired) electrons. The Morgan fingerprint density at radius 1 is 0.344 bits per heavy atom. The molecule has 0 amide bonds. The van der Waals surface area contributed by atoms with E-state index in [0.29, 0.717) is 0 Å². The van der Waals surface area contributed by atoms with E-state index in [1.165, 1.54) is 0 Å². The van der Waals surface area contributed by atoms with Gasteiger partial charge in [0, 0.05) is 0 Å². The van der Waals surface area contributed by atoms with E-state index in [1.807, 2.05) is 0 Å². The zero-order valence-corrected chi connectivity index (χ0v) is 21.5. The number of carboxylic acid groups (broad SMARTS) is 6. The summed E-state index contributed by atoms with van der Waals surface area (Å²) < 4.78 is 0. The van der Waals surface area contributed by atoms with Gasteiger partial charge in [-0.05, 0) is 0 Å². The first-order chi connectivity index (χ1) is 13.4. The van der Waals surface area contributed by atoms with Crippen molar-refractivity contribution in [3.63, 3.8) is 0 Å². The number of hydrogen-bond acceptors (Lipinski definition) is 18. The maximum Gasteiger partial charge on any atom is 3.00 e. The van der Waals surface area contributed by atoms with Gasteiger partial charge < -0.3 is 90.0 Å². The molecule has 176 valence electrons. The second-order valence-corrected chi connectivity index (χ2v) is 4.58. The summed E-state index contributed by atoms with van der Waals surface area (Å²) in [6, 6.07) is 0. The summed E-state index contributed by atoms with van der Waals surface area (Å²) in [5.74, 6) is -12.4. The largest absolute Gasteiger partial charge is 3.00 e. The van der Waals surface area contributed by atoms with Gasteiger partial charge in [0.25, 0.3) is 0 Å². The molecule has 0 aromatic carbocycles. The summed E-state index contributed by atoms with van der Waals surface area (Å²) in [5.41, 5.74) is 0. The van der Waals surface area contributed by atoms with Crippen LogP contribution in [0.2, 0.25) is 0 Å². The zero-order valence-electron chi connectivity index (χ0n) is 15.0. The van der Waals surface area contributed by atoms with Gasteiger partial charge in [-0.1, -0.05) is 0 Å². The molecule has 0 rings (SSSR count). The Morgan fingerprint density at radius 2 is 0.406 bits per heavy atom. The first-order valence-corrected chi connectivity index (χ1v) is 6.73. The van der Waals surface area contributed by atoms with Crippen molar-refractivity contribution in [3.05, 3.63) is 0 Å². The van der Waals surface area contributed by atoms with Crippen LogP contribution in [0, 0.1) is 81.7 Å². The summed E-state index contributed by atoms with van der Waals surface area (Å²) in [6.07, 6.45) is -14.6. The molecule has 20 heteroatoms. The predicted molar refractivity (Wildman–Crippen MR) is 66.1 cm³/mol. The molecule has 0 aromatic heterocycles. The number of carbonyl (C=O) groups excluding carboxylic acids is 6. The number of aliphatic hydroxyl groups is 6. The number of aliphatic hydroxyl groups excluding tert-OH is 6. The predicted octanol–water partition coefficient (Wildman–Crippen LogP) is -14.4. The molecule has 0 saturated heterocycles. The van der Waals surface area contributed by atoms with Gasteiger partial charge in [0.05, 0.1) is 35.8 Å². The molecule has 6 atom stereocenters. The minimum atomic E-state index is -2.44. The Morgan fingerprint density at radius 3 is 0.438 bits per heavy atom. The second kappa shape index (κ2) is 20.9. The third-order valence-electron chi connectivity index (χ3n) is 2.35. The van der Waals surface area contributed by atoms with Crippen LogP contribution in [-0.4, -0.2) is 103 Å². The van der Waals surface area contributed by atoms with E-state index in [2.05, 4.69) is 0 Å². The van der Waals surface area contributed by atoms with Crippen molar-refractivity contribution in [2.45, 2.75) is 36.6 Å². The van der Waals surface area contributed by atoms with Crippen LogP contribution in [0.15, 0.2) is 0 Å². The van der Waals surface area contributed by atoms with Gasteiger partial charge in [0.1, 0.15) is 36.6 Å². The van der Waals surface area contributed by atoms with E-state index >= 15 is 0 Å². The van der Waals surface area contributed by atoms with Crippen molar-refractivity contribution >= 4 is 35.8 Å². The van der Waals surface area contributed by atoms with Crippen molar-refractivity contribution in [1.82, 2.24) is 0 Å². The average molecular weight is 733 g/mol. The fraction of sp³-hybridized carbons (Fsp3) is 0.500. The van der Waals surface area contributed by atoms with E-state index in [4.69, 9.17) is 30.6 Å². The van der Waals surface area contributed by atoms with Crippen LogP contribution in [0.4, 0.5) is 0 Å². The van der Waals surface area contributed by atoms with E-state index in [-0.39, 0.29) is 81.7 Å². The molecule has 0 spiro atoms. The molecule has 0 aliphatic heterocycles.